The number of para-hydroxylation sites is 1. The first-order valence-electron chi connectivity index (χ1n) is 7.11. The van der Waals surface area contributed by atoms with Gasteiger partial charge in [0.1, 0.15) is 0 Å². The highest BCUT2D eigenvalue weighted by molar-refractivity contribution is 6.42. The van der Waals surface area contributed by atoms with Crippen LogP contribution in [0.1, 0.15) is 22.8 Å². The van der Waals surface area contributed by atoms with Gasteiger partial charge in [-0.2, -0.15) is 0 Å². The van der Waals surface area contributed by atoms with Crippen LogP contribution in [-0.2, 0) is 16.0 Å². The molecule has 0 aliphatic rings. The maximum absolute atomic E-state index is 11.9. The molecule has 0 atom stereocenters. The molecule has 0 radical (unpaired) electrons. The Bertz CT molecular complexity index is 739. The molecule has 0 spiro atoms. The topological polar surface area (TPSA) is 101 Å². The largest absolute Gasteiger partial charge is 0.398 e. The molecule has 0 aliphatic carbocycles. The van der Waals surface area contributed by atoms with Gasteiger partial charge in [-0.25, -0.2) is 0 Å². The quantitative estimate of drug-likeness (QED) is 0.593. The first-order valence-corrected chi connectivity index (χ1v) is 7.11. The Hall–Kier alpha value is -3.15. The lowest BCUT2D eigenvalue weighted by Crippen LogP contribution is -2.39. The minimum atomic E-state index is -1.04. The summed E-state index contributed by atoms with van der Waals surface area (Å²) in [5, 5.41) is 4.44. The summed E-state index contributed by atoms with van der Waals surface area (Å²) in [6.07, 6.45) is 0.877. The van der Waals surface area contributed by atoms with Crippen molar-refractivity contribution in [1.29, 1.82) is 0 Å². The number of nitrogens with two attached hydrogens (primary N) is 1. The zero-order valence-corrected chi connectivity index (χ0v) is 12.6. The van der Waals surface area contributed by atoms with Crippen LogP contribution in [0, 0.1) is 0 Å². The molecule has 2 aromatic rings. The Morgan fingerprint density at radius 1 is 0.957 bits per heavy atom. The fraction of sp³-hybridized carbons (Fsp3) is 0.118. The molecular formula is C17H17N3O3. The van der Waals surface area contributed by atoms with Gasteiger partial charge in [-0.1, -0.05) is 31.2 Å². The molecule has 2 rings (SSSR count). The van der Waals surface area contributed by atoms with Crippen molar-refractivity contribution in [2.75, 3.05) is 11.1 Å². The highest BCUT2D eigenvalue weighted by atomic mass is 16.2. The zero-order chi connectivity index (χ0) is 16.8. The van der Waals surface area contributed by atoms with Gasteiger partial charge in [0.05, 0.1) is 5.56 Å². The van der Waals surface area contributed by atoms with Gasteiger partial charge < -0.3 is 11.1 Å². The third-order valence-electron chi connectivity index (χ3n) is 3.26. The van der Waals surface area contributed by atoms with Crippen molar-refractivity contribution >= 4 is 29.1 Å². The first kappa shape index (κ1) is 16.2. The zero-order valence-electron chi connectivity index (χ0n) is 12.6. The summed E-state index contributed by atoms with van der Waals surface area (Å²) in [4.78, 5) is 35.5. The molecule has 4 N–H and O–H groups in total. The van der Waals surface area contributed by atoms with Gasteiger partial charge in [-0.05, 0) is 36.2 Å². The smallest absolute Gasteiger partial charge is 0.316 e. The second-order valence-electron chi connectivity index (χ2n) is 4.88. The van der Waals surface area contributed by atoms with Gasteiger partial charge in [0, 0.05) is 11.4 Å². The highest BCUT2D eigenvalue weighted by Crippen LogP contribution is 2.11. The number of aryl methyl sites for hydroxylation is 1. The molecule has 0 saturated carbocycles. The maximum atomic E-state index is 11.9. The van der Waals surface area contributed by atoms with Gasteiger partial charge in [0.2, 0.25) is 0 Å². The fourth-order valence-corrected chi connectivity index (χ4v) is 1.94. The van der Waals surface area contributed by atoms with E-state index in [4.69, 9.17) is 5.73 Å². The van der Waals surface area contributed by atoms with Gasteiger partial charge >= 0.3 is 11.8 Å². The number of carbonyl (C=O) groups is 3. The Labute approximate surface area is 133 Å². The number of carbonyl (C=O) groups excluding carboxylic acids is 3. The van der Waals surface area contributed by atoms with Crippen molar-refractivity contribution < 1.29 is 14.4 Å². The molecule has 0 aliphatic heterocycles. The van der Waals surface area contributed by atoms with Crippen molar-refractivity contribution in [3.05, 3.63) is 59.7 Å². The number of benzene rings is 2. The molecule has 0 fully saturated rings. The average molecular weight is 311 g/mol. The monoisotopic (exact) mass is 311 g/mol. The number of hydrogen-bond donors (Lipinski definition) is 3. The van der Waals surface area contributed by atoms with Crippen LogP contribution in [0.4, 0.5) is 11.4 Å². The number of anilines is 2. The highest BCUT2D eigenvalue weighted by Gasteiger charge is 2.19. The van der Waals surface area contributed by atoms with Crippen LogP contribution in [0.3, 0.4) is 0 Å². The standard InChI is InChI=1S/C17H17N3O3/c1-2-11-7-9-12(10-8-11)19-16(22)17(23)20-15(21)13-5-3-4-6-14(13)18/h3-10H,2,18H2,1H3,(H,19,22)(H,20,21,23). The van der Waals surface area contributed by atoms with Crippen LogP contribution in [0.2, 0.25) is 0 Å². The van der Waals surface area contributed by atoms with E-state index in [0.29, 0.717) is 5.69 Å². The van der Waals surface area contributed by atoms with Crippen molar-refractivity contribution in [2.45, 2.75) is 13.3 Å². The molecule has 6 nitrogen and oxygen atoms in total. The van der Waals surface area contributed by atoms with Crippen molar-refractivity contribution in [3.8, 4) is 0 Å². The lowest BCUT2D eigenvalue weighted by atomic mass is 10.1. The molecule has 0 aromatic heterocycles. The van der Waals surface area contributed by atoms with Crippen LogP contribution < -0.4 is 16.4 Å². The second kappa shape index (κ2) is 7.22. The van der Waals surface area contributed by atoms with Gasteiger partial charge in [0.15, 0.2) is 0 Å². The van der Waals surface area contributed by atoms with Crippen molar-refractivity contribution in [2.24, 2.45) is 0 Å². The molecule has 0 unspecified atom stereocenters. The van der Waals surface area contributed by atoms with Gasteiger partial charge in [0.25, 0.3) is 5.91 Å². The second-order valence-corrected chi connectivity index (χ2v) is 4.88. The number of hydrogen-bond acceptors (Lipinski definition) is 4. The van der Waals surface area contributed by atoms with E-state index in [0.717, 1.165) is 12.0 Å². The van der Waals surface area contributed by atoms with E-state index in [1.54, 1.807) is 24.3 Å². The molecule has 0 saturated heterocycles. The van der Waals surface area contributed by atoms with Gasteiger partial charge in [-0.3, -0.25) is 19.7 Å². The molecule has 3 amide bonds. The van der Waals surface area contributed by atoms with E-state index in [-0.39, 0.29) is 11.3 Å². The van der Waals surface area contributed by atoms with E-state index < -0.39 is 17.7 Å². The van der Waals surface area contributed by atoms with Crippen LogP contribution in [-0.4, -0.2) is 17.7 Å². The van der Waals surface area contributed by atoms with E-state index in [9.17, 15) is 14.4 Å². The van der Waals surface area contributed by atoms with E-state index in [1.807, 2.05) is 24.4 Å². The minimum absolute atomic E-state index is 0.140. The predicted octanol–water partition coefficient (Wildman–Crippen LogP) is 1.73. The molecule has 23 heavy (non-hydrogen) atoms. The molecule has 2 aromatic carbocycles. The summed E-state index contributed by atoms with van der Waals surface area (Å²) >= 11 is 0. The number of nitrogens with one attached hydrogen (secondary N) is 2. The Balaban J connectivity index is 1.98. The van der Waals surface area contributed by atoms with E-state index >= 15 is 0 Å². The number of nitrogen functional groups attached to an aromatic ring is 1. The van der Waals surface area contributed by atoms with Crippen LogP contribution >= 0.6 is 0 Å². The Kier molecular flexibility index (Phi) is 5.09. The van der Waals surface area contributed by atoms with Crippen molar-refractivity contribution in [1.82, 2.24) is 5.32 Å². The lowest BCUT2D eigenvalue weighted by Gasteiger charge is -2.07. The number of rotatable bonds is 3. The maximum Gasteiger partial charge on any atom is 0.316 e. The third-order valence-corrected chi connectivity index (χ3v) is 3.26. The normalized spacial score (nSPS) is 9.96. The average Bonchev–Trinajstić information content (AvgIpc) is 2.55. The van der Waals surface area contributed by atoms with E-state index in [1.165, 1.54) is 12.1 Å². The fourth-order valence-electron chi connectivity index (χ4n) is 1.94. The minimum Gasteiger partial charge on any atom is -0.398 e. The number of amides is 3. The first-order chi connectivity index (χ1) is 11.0. The summed E-state index contributed by atoms with van der Waals surface area (Å²) in [7, 11) is 0. The van der Waals surface area contributed by atoms with E-state index in [2.05, 4.69) is 5.32 Å². The van der Waals surface area contributed by atoms with Crippen LogP contribution in [0.25, 0.3) is 0 Å². The molecule has 118 valence electrons. The summed E-state index contributed by atoms with van der Waals surface area (Å²) in [6.45, 7) is 2.02. The molecular weight excluding hydrogens is 294 g/mol. The SMILES string of the molecule is CCc1ccc(NC(=O)C(=O)NC(=O)c2ccccc2N)cc1. The molecule has 0 heterocycles. The Morgan fingerprint density at radius 3 is 2.22 bits per heavy atom. The predicted molar refractivity (Wildman–Crippen MR) is 87.8 cm³/mol. The summed E-state index contributed by atoms with van der Waals surface area (Å²) in [5.41, 5.74) is 7.61. The molecule has 0 bridgehead atoms. The summed E-state index contributed by atoms with van der Waals surface area (Å²) in [6, 6.07) is 13.4. The Morgan fingerprint density at radius 2 is 1.61 bits per heavy atom. The van der Waals surface area contributed by atoms with Crippen LogP contribution in [0.15, 0.2) is 48.5 Å². The summed E-state index contributed by atoms with van der Waals surface area (Å²) < 4.78 is 0. The van der Waals surface area contributed by atoms with Gasteiger partial charge in [-0.15, -0.1) is 0 Å². The van der Waals surface area contributed by atoms with Crippen LogP contribution in [0.5, 0.6) is 0 Å². The third kappa shape index (κ3) is 4.16. The number of imide groups is 1. The van der Waals surface area contributed by atoms with Crippen molar-refractivity contribution in [3.63, 3.8) is 0 Å². The molecule has 6 heteroatoms. The lowest BCUT2D eigenvalue weighted by molar-refractivity contribution is -0.135. The summed E-state index contributed by atoms with van der Waals surface area (Å²) in [5.74, 6) is -2.68.